The third-order valence-corrected chi connectivity index (χ3v) is 2.23. The smallest absolute Gasteiger partial charge is 0.270 e. The van der Waals surface area contributed by atoms with Gasteiger partial charge < -0.3 is 0 Å². The van der Waals surface area contributed by atoms with Gasteiger partial charge >= 0.3 is 0 Å². The summed E-state index contributed by atoms with van der Waals surface area (Å²) in [5.41, 5.74) is 0.723. The first-order chi connectivity index (χ1) is 7.43. The van der Waals surface area contributed by atoms with Crippen LogP contribution < -0.4 is 0 Å². The second-order valence-corrected chi connectivity index (χ2v) is 3.66. The number of carbonyl (C=O) groups excluding carboxylic acids is 1. The van der Waals surface area contributed by atoms with E-state index < -0.39 is 5.92 Å². The van der Waals surface area contributed by atoms with E-state index in [1.54, 1.807) is 25.1 Å². The van der Waals surface area contributed by atoms with Gasteiger partial charge in [-0.1, -0.05) is 37.3 Å². The number of alkyl halides is 2. The van der Waals surface area contributed by atoms with Crippen LogP contribution in [0.5, 0.6) is 0 Å². The molecule has 1 aromatic carbocycles. The second-order valence-electron chi connectivity index (χ2n) is 3.66. The number of halogens is 2. The van der Waals surface area contributed by atoms with Gasteiger partial charge in [0.2, 0.25) is 0 Å². The Hall–Kier alpha value is -1.51. The minimum Gasteiger partial charge on any atom is -0.295 e. The molecule has 0 N–H and O–H groups in total. The summed E-state index contributed by atoms with van der Waals surface area (Å²) in [7, 11) is 0. The Morgan fingerprint density at radius 1 is 1.31 bits per heavy atom. The van der Waals surface area contributed by atoms with Crippen molar-refractivity contribution in [2.75, 3.05) is 0 Å². The second kappa shape index (κ2) is 5.01. The van der Waals surface area contributed by atoms with Crippen molar-refractivity contribution in [3.63, 3.8) is 0 Å². The van der Waals surface area contributed by atoms with Crippen LogP contribution in [-0.4, -0.2) is 5.78 Å². The third-order valence-electron chi connectivity index (χ3n) is 2.23. The van der Waals surface area contributed by atoms with Crippen molar-refractivity contribution in [2.45, 2.75) is 26.2 Å². The molecule has 1 nitrogen and oxygen atoms in total. The Kier molecular flexibility index (Phi) is 3.93. The van der Waals surface area contributed by atoms with Gasteiger partial charge in [0, 0.05) is 18.9 Å². The summed E-state index contributed by atoms with van der Waals surface area (Å²) >= 11 is 0. The standard InChI is InChI=1S/C13H14F2O/c1-3-12(16)9-6-10-4-7-11(8-5-10)13(2,14)15/h4-9H,3H2,1-2H3/b9-6+. The fourth-order valence-electron chi connectivity index (χ4n) is 1.19. The summed E-state index contributed by atoms with van der Waals surface area (Å²) in [6, 6.07) is 5.89. The number of benzene rings is 1. The van der Waals surface area contributed by atoms with Crippen molar-refractivity contribution in [1.82, 2.24) is 0 Å². The van der Waals surface area contributed by atoms with Crippen LogP contribution in [0.25, 0.3) is 6.08 Å². The van der Waals surface area contributed by atoms with E-state index in [4.69, 9.17) is 0 Å². The van der Waals surface area contributed by atoms with Gasteiger partial charge in [-0.2, -0.15) is 0 Å². The number of ketones is 1. The fraction of sp³-hybridized carbons (Fsp3) is 0.308. The van der Waals surface area contributed by atoms with Gasteiger partial charge in [0.1, 0.15) is 0 Å². The summed E-state index contributed by atoms with van der Waals surface area (Å²) in [5, 5.41) is 0. The summed E-state index contributed by atoms with van der Waals surface area (Å²) in [4.78, 5) is 11.0. The van der Waals surface area contributed by atoms with Gasteiger partial charge in [-0.25, -0.2) is 8.78 Å². The lowest BCUT2D eigenvalue weighted by molar-refractivity contribution is -0.114. The van der Waals surface area contributed by atoms with E-state index in [2.05, 4.69) is 0 Å². The van der Waals surface area contributed by atoms with E-state index in [9.17, 15) is 13.6 Å². The van der Waals surface area contributed by atoms with E-state index in [1.165, 1.54) is 18.2 Å². The molecular weight excluding hydrogens is 210 g/mol. The van der Waals surface area contributed by atoms with Gasteiger partial charge in [0.15, 0.2) is 5.78 Å². The molecule has 16 heavy (non-hydrogen) atoms. The first-order valence-corrected chi connectivity index (χ1v) is 5.12. The molecule has 0 radical (unpaired) electrons. The summed E-state index contributed by atoms with van der Waals surface area (Å²) in [6.45, 7) is 2.63. The lowest BCUT2D eigenvalue weighted by Crippen LogP contribution is -2.06. The molecule has 0 amide bonds. The summed E-state index contributed by atoms with van der Waals surface area (Å²) < 4.78 is 25.8. The van der Waals surface area contributed by atoms with Crippen LogP contribution in [0.15, 0.2) is 30.3 Å². The van der Waals surface area contributed by atoms with Crippen molar-refractivity contribution in [3.05, 3.63) is 41.5 Å². The molecule has 0 spiro atoms. The van der Waals surface area contributed by atoms with Gasteiger partial charge in [0.25, 0.3) is 5.92 Å². The number of hydrogen-bond donors (Lipinski definition) is 0. The molecule has 0 aliphatic heterocycles. The molecule has 0 saturated carbocycles. The fourth-order valence-corrected chi connectivity index (χ4v) is 1.19. The predicted molar refractivity (Wildman–Crippen MR) is 60.3 cm³/mol. The average molecular weight is 224 g/mol. The zero-order chi connectivity index (χ0) is 12.2. The molecule has 3 heteroatoms. The Balaban J connectivity index is 2.80. The highest BCUT2D eigenvalue weighted by Gasteiger charge is 2.23. The molecule has 0 atom stereocenters. The van der Waals surface area contributed by atoms with Crippen LogP contribution in [0.2, 0.25) is 0 Å². The molecule has 86 valence electrons. The lowest BCUT2D eigenvalue weighted by Gasteiger charge is -2.09. The largest absolute Gasteiger partial charge is 0.295 e. The van der Waals surface area contributed by atoms with Gasteiger partial charge in [0.05, 0.1) is 0 Å². The Bertz CT molecular complexity index is 385. The SMILES string of the molecule is CCC(=O)/C=C/c1ccc(C(C)(F)F)cc1. The minimum atomic E-state index is -2.82. The Morgan fingerprint density at radius 3 is 2.31 bits per heavy atom. The highest BCUT2D eigenvalue weighted by Crippen LogP contribution is 2.26. The molecule has 0 unspecified atom stereocenters. The van der Waals surface area contributed by atoms with E-state index in [-0.39, 0.29) is 11.3 Å². The first kappa shape index (κ1) is 12.6. The molecule has 0 saturated heterocycles. The maximum atomic E-state index is 12.9. The van der Waals surface area contributed by atoms with E-state index >= 15 is 0 Å². The van der Waals surface area contributed by atoms with Crippen molar-refractivity contribution >= 4 is 11.9 Å². The van der Waals surface area contributed by atoms with Crippen LogP contribution in [0, 0.1) is 0 Å². The zero-order valence-corrected chi connectivity index (χ0v) is 9.34. The van der Waals surface area contributed by atoms with Crippen LogP contribution in [-0.2, 0) is 10.7 Å². The predicted octanol–water partition coefficient (Wildman–Crippen LogP) is 3.79. The van der Waals surface area contributed by atoms with Crippen molar-refractivity contribution in [2.24, 2.45) is 0 Å². The van der Waals surface area contributed by atoms with Crippen LogP contribution in [0.4, 0.5) is 8.78 Å². The normalized spacial score (nSPS) is 12.0. The third kappa shape index (κ3) is 3.57. The van der Waals surface area contributed by atoms with E-state index in [0.29, 0.717) is 6.42 Å². The number of hydrogen-bond acceptors (Lipinski definition) is 1. The van der Waals surface area contributed by atoms with Crippen molar-refractivity contribution in [1.29, 1.82) is 0 Å². The first-order valence-electron chi connectivity index (χ1n) is 5.12. The number of allylic oxidation sites excluding steroid dienone is 1. The zero-order valence-electron chi connectivity index (χ0n) is 9.34. The molecule has 0 fully saturated rings. The highest BCUT2D eigenvalue weighted by molar-refractivity contribution is 5.93. The van der Waals surface area contributed by atoms with Crippen LogP contribution >= 0.6 is 0 Å². The molecule has 1 rings (SSSR count). The molecular formula is C13H14F2O. The maximum Gasteiger partial charge on any atom is 0.270 e. The van der Waals surface area contributed by atoms with Gasteiger partial charge in [-0.05, 0) is 11.6 Å². The molecule has 0 heterocycles. The van der Waals surface area contributed by atoms with Crippen LogP contribution in [0.1, 0.15) is 31.4 Å². The molecule has 0 bridgehead atoms. The quantitative estimate of drug-likeness (QED) is 0.711. The lowest BCUT2D eigenvalue weighted by atomic mass is 10.1. The number of carbonyl (C=O) groups is 1. The molecule has 1 aromatic rings. The highest BCUT2D eigenvalue weighted by atomic mass is 19.3. The van der Waals surface area contributed by atoms with Crippen molar-refractivity contribution < 1.29 is 13.6 Å². The molecule has 0 aliphatic rings. The van der Waals surface area contributed by atoms with E-state index in [0.717, 1.165) is 12.5 Å². The monoisotopic (exact) mass is 224 g/mol. The molecule has 0 aliphatic carbocycles. The van der Waals surface area contributed by atoms with Crippen LogP contribution in [0.3, 0.4) is 0 Å². The van der Waals surface area contributed by atoms with Gasteiger partial charge in [-0.3, -0.25) is 4.79 Å². The van der Waals surface area contributed by atoms with Gasteiger partial charge in [-0.15, -0.1) is 0 Å². The Labute approximate surface area is 93.8 Å². The summed E-state index contributed by atoms with van der Waals surface area (Å²) in [6.07, 6.45) is 3.53. The Morgan fingerprint density at radius 2 is 1.88 bits per heavy atom. The minimum absolute atomic E-state index is 0.0184. The topological polar surface area (TPSA) is 17.1 Å². The number of rotatable bonds is 4. The molecule has 0 aromatic heterocycles. The van der Waals surface area contributed by atoms with Crippen molar-refractivity contribution in [3.8, 4) is 0 Å². The average Bonchev–Trinajstić information content (AvgIpc) is 2.25. The maximum absolute atomic E-state index is 12.9. The summed E-state index contributed by atoms with van der Waals surface area (Å²) in [5.74, 6) is -2.80. The van der Waals surface area contributed by atoms with E-state index in [1.807, 2.05) is 0 Å².